The molecule has 2 aromatic rings. The van der Waals surface area contributed by atoms with Gasteiger partial charge in [0.2, 0.25) is 10.0 Å². The molecular formula is C20H25N3O3S. The van der Waals surface area contributed by atoms with Crippen molar-refractivity contribution >= 4 is 27.3 Å². The number of nitrogens with one attached hydrogen (secondary N) is 2. The zero-order valence-electron chi connectivity index (χ0n) is 15.6. The minimum atomic E-state index is -3.60. The normalized spacial score (nSPS) is 11.0. The fraction of sp³-hybridized carbons (Fsp3) is 0.250. The van der Waals surface area contributed by atoms with Gasteiger partial charge < -0.3 is 10.2 Å². The third kappa shape index (κ3) is 5.42. The predicted molar refractivity (Wildman–Crippen MR) is 110 cm³/mol. The molecule has 0 aliphatic carbocycles. The van der Waals surface area contributed by atoms with Crippen LogP contribution in [0.2, 0.25) is 0 Å². The fourth-order valence-corrected chi connectivity index (χ4v) is 3.58. The highest BCUT2D eigenvalue weighted by atomic mass is 32.2. The molecule has 1 amide bonds. The Labute approximate surface area is 161 Å². The highest BCUT2D eigenvalue weighted by Crippen LogP contribution is 2.18. The van der Waals surface area contributed by atoms with Crippen LogP contribution in [0, 0.1) is 0 Å². The maximum Gasteiger partial charge on any atom is 0.255 e. The molecule has 2 aromatic carbocycles. The van der Waals surface area contributed by atoms with Gasteiger partial charge in [-0.15, -0.1) is 6.58 Å². The van der Waals surface area contributed by atoms with Gasteiger partial charge in [-0.25, -0.2) is 13.1 Å². The number of benzene rings is 2. The number of anilines is 2. The number of amides is 1. The monoisotopic (exact) mass is 387 g/mol. The first-order valence-corrected chi connectivity index (χ1v) is 10.3. The number of carbonyl (C=O) groups excluding carboxylic acids is 1. The zero-order chi connectivity index (χ0) is 19.9. The van der Waals surface area contributed by atoms with E-state index >= 15 is 0 Å². The van der Waals surface area contributed by atoms with Crippen molar-refractivity contribution in [2.75, 3.05) is 29.9 Å². The van der Waals surface area contributed by atoms with Crippen molar-refractivity contribution in [3.05, 3.63) is 66.7 Å². The van der Waals surface area contributed by atoms with E-state index in [2.05, 4.69) is 35.4 Å². The van der Waals surface area contributed by atoms with Crippen LogP contribution in [0.3, 0.4) is 0 Å². The van der Waals surface area contributed by atoms with Gasteiger partial charge in [0.1, 0.15) is 0 Å². The van der Waals surface area contributed by atoms with Crippen molar-refractivity contribution in [3.8, 4) is 0 Å². The second kappa shape index (κ2) is 9.34. The third-order valence-corrected chi connectivity index (χ3v) is 5.54. The minimum absolute atomic E-state index is 0.101. The first-order valence-electron chi connectivity index (χ1n) is 8.78. The second-order valence-electron chi connectivity index (χ2n) is 5.84. The number of hydrogen-bond donors (Lipinski definition) is 2. The lowest BCUT2D eigenvalue weighted by Crippen LogP contribution is -2.23. The van der Waals surface area contributed by atoms with E-state index in [4.69, 9.17) is 0 Å². The van der Waals surface area contributed by atoms with Gasteiger partial charge in [0.25, 0.3) is 5.91 Å². The molecule has 0 spiro atoms. The Balaban J connectivity index is 2.07. The summed E-state index contributed by atoms with van der Waals surface area (Å²) >= 11 is 0. The number of hydrogen-bond acceptors (Lipinski definition) is 4. The second-order valence-corrected chi connectivity index (χ2v) is 7.61. The van der Waals surface area contributed by atoms with Gasteiger partial charge in [0.05, 0.1) is 4.90 Å². The molecule has 2 rings (SSSR count). The summed E-state index contributed by atoms with van der Waals surface area (Å²) in [5.74, 6) is -0.298. The molecule has 27 heavy (non-hydrogen) atoms. The van der Waals surface area contributed by atoms with Gasteiger partial charge in [-0.3, -0.25) is 4.79 Å². The van der Waals surface area contributed by atoms with Crippen LogP contribution in [0.5, 0.6) is 0 Å². The molecule has 0 saturated heterocycles. The summed E-state index contributed by atoms with van der Waals surface area (Å²) in [4.78, 5) is 14.7. The molecule has 7 heteroatoms. The lowest BCUT2D eigenvalue weighted by atomic mass is 10.2. The van der Waals surface area contributed by atoms with Crippen LogP contribution in [0.1, 0.15) is 24.2 Å². The SMILES string of the molecule is C=CCNS(=O)(=O)c1ccc(C(=O)Nc2ccc(N(CC)CC)cc2)cc1. The number of nitrogens with zero attached hydrogens (tertiary/aromatic N) is 1. The highest BCUT2D eigenvalue weighted by molar-refractivity contribution is 7.89. The Bertz CT molecular complexity index is 872. The standard InChI is InChI=1S/C20H25N3O3S/c1-4-15-21-27(25,26)19-13-7-16(8-14-19)20(24)22-17-9-11-18(12-10-17)23(5-2)6-3/h4,7-14,21H,1,5-6,15H2,2-3H3,(H,22,24). The molecule has 0 bridgehead atoms. The Morgan fingerprint density at radius 2 is 1.63 bits per heavy atom. The maximum absolute atomic E-state index is 12.4. The number of rotatable bonds is 9. The summed E-state index contributed by atoms with van der Waals surface area (Å²) < 4.78 is 26.5. The maximum atomic E-state index is 12.4. The van der Waals surface area contributed by atoms with E-state index in [9.17, 15) is 13.2 Å². The van der Waals surface area contributed by atoms with Crippen molar-refractivity contribution < 1.29 is 13.2 Å². The quantitative estimate of drug-likeness (QED) is 0.648. The van der Waals surface area contributed by atoms with Gasteiger partial charge in [-0.2, -0.15) is 0 Å². The molecule has 0 aliphatic rings. The lowest BCUT2D eigenvalue weighted by Gasteiger charge is -2.21. The van der Waals surface area contributed by atoms with Gasteiger partial charge in [-0.05, 0) is 62.4 Å². The number of sulfonamides is 1. The van der Waals surface area contributed by atoms with Crippen LogP contribution >= 0.6 is 0 Å². The molecule has 144 valence electrons. The van der Waals surface area contributed by atoms with Crippen LogP contribution in [0.25, 0.3) is 0 Å². The van der Waals surface area contributed by atoms with Gasteiger partial charge in [0.15, 0.2) is 0 Å². The third-order valence-electron chi connectivity index (χ3n) is 4.10. The molecule has 2 N–H and O–H groups in total. The zero-order valence-corrected chi connectivity index (χ0v) is 16.4. The summed E-state index contributed by atoms with van der Waals surface area (Å²) in [6.45, 7) is 9.64. The Kier molecular flexibility index (Phi) is 7.15. The van der Waals surface area contributed by atoms with E-state index < -0.39 is 10.0 Å². The van der Waals surface area contributed by atoms with Crippen LogP contribution < -0.4 is 14.9 Å². The highest BCUT2D eigenvalue weighted by Gasteiger charge is 2.14. The fourth-order valence-electron chi connectivity index (χ4n) is 2.59. The van der Waals surface area contributed by atoms with Crippen molar-refractivity contribution in [2.45, 2.75) is 18.7 Å². The first-order chi connectivity index (χ1) is 12.9. The molecule has 0 saturated carbocycles. The van der Waals surface area contributed by atoms with E-state index in [0.717, 1.165) is 18.8 Å². The molecular weight excluding hydrogens is 362 g/mol. The van der Waals surface area contributed by atoms with Crippen LogP contribution in [-0.2, 0) is 10.0 Å². The van der Waals surface area contributed by atoms with Gasteiger partial charge in [0, 0.05) is 36.6 Å². The van der Waals surface area contributed by atoms with E-state index in [1.165, 1.54) is 30.3 Å². The van der Waals surface area contributed by atoms with Crippen molar-refractivity contribution in [3.63, 3.8) is 0 Å². The van der Waals surface area contributed by atoms with Gasteiger partial charge in [-0.1, -0.05) is 6.08 Å². The predicted octanol–water partition coefficient (Wildman–Crippen LogP) is 3.25. The Hall–Kier alpha value is -2.64. The summed E-state index contributed by atoms with van der Waals surface area (Å²) in [5, 5.41) is 2.82. The average molecular weight is 388 g/mol. The average Bonchev–Trinajstić information content (AvgIpc) is 2.68. The molecule has 0 unspecified atom stereocenters. The molecule has 0 fully saturated rings. The Morgan fingerprint density at radius 3 is 2.15 bits per heavy atom. The summed E-state index contributed by atoms with van der Waals surface area (Å²) in [7, 11) is -3.60. The first kappa shape index (κ1) is 20.7. The van der Waals surface area contributed by atoms with E-state index in [-0.39, 0.29) is 17.3 Å². The summed E-state index contributed by atoms with van der Waals surface area (Å²) in [6.07, 6.45) is 1.46. The van der Waals surface area contributed by atoms with E-state index in [0.29, 0.717) is 11.3 Å². The van der Waals surface area contributed by atoms with Crippen molar-refractivity contribution in [1.29, 1.82) is 0 Å². The largest absolute Gasteiger partial charge is 0.372 e. The molecule has 0 atom stereocenters. The van der Waals surface area contributed by atoms with E-state index in [1.807, 2.05) is 24.3 Å². The van der Waals surface area contributed by atoms with Crippen molar-refractivity contribution in [1.82, 2.24) is 4.72 Å². The molecule has 0 radical (unpaired) electrons. The van der Waals surface area contributed by atoms with Crippen LogP contribution in [-0.4, -0.2) is 34.0 Å². The topological polar surface area (TPSA) is 78.5 Å². The molecule has 0 aliphatic heterocycles. The van der Waals surface area contributed by atoms with Gasteiger partial charge >= 0.3 is 0 Å². The number of carbonyl (C=O) groups is 1. The van der Waals surface area contributed by atoms with E-state index in [1.54, 1.807) is 0 Å². The molecule has 0 heterocycles. The molecule has 0 aromatic heterocycles. The summed E-state index contributed by atoms with van der Waals surface area (Å²) in [6, 6.07) is 13.4. The van der Waals surface area contributed by atoms with Crippen molar-refractivity contribution in [2.24, 2.45) is 0 Å². The molecule has 6 nitrogen and oxygen atoms in total. The smallest absolute Gasteiger partial charge is 0.255 e. The van der Waals surface area contributed by atoms with Crippen LogP contribution in [0.4, 0.5) is 11.4 Å². The minimum Gasteiger partial charge on any atom is -0.372 e. The Morgan fingerprint density at radius 1 is 1.04 bits per heavy atom. The lowest BCUT2D eigenvalue weighted by molar-refractivity contribution is 0.102. The summed E-state index contributed by atoms with van der Waals surface area (Å²) in [5.41, 5.74) is 2.16. The van der Waals surface area contributed by atoms with Crippen LogP contribution in [0.15, 0.2) is 66.1 Å².